The normalized spacial score (nSPS) is 20.7. The summed E-state index contributed by atoms with van der Waals surface area (Å²) < 4.78 is 36.6. The standard InChI is InChI=1S/C10H14F3N5O/c11-10(12,13)5-18-2-1-7(4-18)3-14-9(19)8-15-6-16-17-8/h6-7H,1-5H2,(H,14,19)(H,15,16,17). The highest BCUT2D eigenvalue weighted by molar-refractivity contribution is 5.90. The van der Waals surface area contributed by atoms with E-state index in [0.717, 1.165) is 0 Å². The Morgan fingerprint density at radius 1 is 1.58 bits per heavy atom. The summed E-state index contributed by atoms with van der Waals surface area (Å²) in [7, 11) is 0. The summed E-state index contributed by atoms with van der Waals surface area (Å²) in [6, 6.07) is 0. The van der Waals surface area contributed by atoms with Crippen LogP contribution in [-0.4, -0.2) is 58.3 Å². The SMILES string of the molecule is O=C(NCC1CCN(CC(F)(F)F)C1)c1ncn[nH]1. The molecule has 6 nitrogen and oxygen atoms in total. The number of halogens is 3. The number of aromatic amines is 1. The molecule has 0 radical (unpaired) electrons. The zero-order chi connectivity index (χ0) is 13.9. The molecule has 0 spiro atoms. The molecule has 1 aromatic heterocycles. The minimum atomic E-state index is -4.17. The number of rotatable bonds is 4. The van der Waals surface area contributed by atoms with E-state index in [0.29, 0.717) is 26.1 Å². The van der Waals surface area contributed by atoms with Gasteiger partial charge in [-0.15, -0.1) is 0 Å². The molecule has 0 aromatic carbocycles. The van der Waals surface area contributed by atoms with Crippen molar-refractivity contribution in [2.45, 2.75) is 12.6 Å². The number of alkyl halides is 3. The van der Waals surface area contributed by atoms with Gasteiger partial charge >= 0.3 is 6.18 Å². The van der Waals surface area contributed by atoms with Crippen molar-refractivity contribution in [1.82, 2.24) is 25.4 Å². The van der Waals surface area contributed by atoms with Crippen LogP contribution in [0.3, 0.4) is 0 Å². The van der Waals surface area contributed by atoms with Gasteiger partial charge in [-0.1, -0.05) is 0 Å². The predicted molar refractivity (Wildman–Crippen MR) is 59.3 cm³/mol. The van der Waals surface area contributed by atoms with E-state index < -0.39 is 18.6 Å². The molecule has 2 N–H and O–H groups in total. The number of hydrogen-bond acceptors (Lipinski definition) is 4. The Hall–Kier alpha value is -1.64. The molecule has 0 bridgehead atoms. The lowest BCUT2D eigenvalue weighted by molar-refractivity contribution is -0.143. The number of likely N-dealkylation sites (tertiary alicyclic amines) is 1. The third-order valence-electron chi connectivity index (χ3n) is 2.95. The molecule has 1 amide bonds. The smallest absolute Gasteiger partial charge is 0.349 e. The molecule has 1 atom stereocenters. The number of nitrogens with zero attached hydrogens (tertiary/aromatic N) is 3. The van der Waals surface area contributed by atoms with Crippen LogP contribution in [-0.2, 0) is 0 Å². The van der Waals surface area contributed by atoms with Gasteiger partial charge in [0.25, 0.3) is 5.91 Å². The molecule has 1 unspecified atom stereocenters. The molecule has 1 fully saturated rings. The highest BCUT2D eigenvalue weighted by Gasteiger charge is 2.34. The Labute approximate surface area is 107 Å². The molecule has 1 saturated heterocycles. The summed E-state index contributed by atoms with van der Waals surface area (Å²) in [5, 5.41) is 8.59. The van der Waals surface area contributed by atoms with Crippen LogP contribution in [0.25, 0.3) is 0 Å². The molecular formula is C10H14F3N5O. The maximum absolute atomic E-state index is 12.2. The lowest BCUT2D eigenvalue weighted by Gasteiger charge is -2.17. The van der Waals surface area contributed by atoms with Crippen molar-refractivity contribution in [3.8, 4) is 0 Å². The first-order valence-corrected chi connectivity index (χ1v) is 5.87. The van der Waals surface area contributed by atoms with E-state index in [9.17, 15) is 18.0 Å². The summed E-state index contributed by atoms with van der Waals surface area (Å²) in [6.07, 6.45) is -2.31. The lowest BCUT2D eigenvalue weighted by Crippen LogP contribution is -2.35. The first kappa shape index (κ1) is 13.8. The maximum atomic E-state index is 12.2. The van der Waals surface area contributed by atoms with E-state index in [2.05, 4.69) is 20.5 Å². The fourth-order valence-electron chi connectivity index (χ4n) is 2.11. The minimum absolute atomic E-state index is 0.0363. The van der Waals surface area contributed by atoms with Gasteiger partial charge in [0, 0.05) is 13.1 Å². The van der Waals surface area contributed by atoms with Gasteiger partial charge in [0.2, 0.25) is 5.82 Å². The maximum Gasteiger partial charge on any atom is 0.401 e. The van der Waals surface area contributed by atoms with E-state index in [4.69, 9.17) is 0 Å². The molecule has 1 aliphatic rings. The average Bonchev–Trinajstić information content (AvgIpc) is 2.94. The topological polar surface area (TPSA) is 73.9 Å². The number of carbonyl (C=O) groups excluding carboxylic acids is 1. The van der Waals surface area contributed by atoms with E-state index in [1.807, 2.05) is 0 Å². The highest BCUT2D eigenvalue weighted by atomic mass is 19.4. The molecule has 1 aliphatic heterocycles. The van der Waals surface area contributed by atoms with Crippen molar-refractivity contribution < 1.29 is 18.0 Å². The summed E-state index contributed by atoms with van der Waals surface area (Å²) in [5.74, 6) is -0.258. The Kier molecular flexibility index (Phi) is 4.03. The Morgan fingerprint density at radius 3 is 3.00 bits per heavy atom. The van der Waals surface area contributed by atoms with Crippen molar-refractivity contribution in [2.75, 3.05) is 26.2 Å². The molecule has 0 aliphatic carbocycles. The summed E-state index contributed by atoms with van der Waals surface area (Å²) in [6.45, 7) is 0.200. The number of aromatic nitrogens is 3. The first-order chi connectivity index (χ1) is 8.94. The van der Waals surface area contributed by atoms with E-state index in [1.165, 1.54) is 11.2 Å². The van der Waals surface area contributed by atoms with Crippen molar-refractivity contribution in [3.05, 3.63) is 12.2 Å². The largest absolute Gasteiger partial charge is 0.401 e. The monoisotopic (exact) mass is 277 g/mol. The van der Waals surface area contributed by atoms with E-state index in [-0.39, 0.29) is 11.7 Å². The van der Waals surface area contributed by atoms with Gasteiger partial charge in [-0.05, 0) is 18.9 Å². The van der Waals surface area contributed by atoms with Crippen LogP contribution < -0.4 is 5.32 Å². The highest BCUT2D eigenvalue weighted by Crippen LogP contribution is 2.22. The molecule has 9 heteroatoms. The lowest BCUT2D eigenvalue weighted by atomic mass is 10.1. The van der Waals surface area contributed by atoms with Crippen LogP contribution in [0.5, 0.6) is 0 Å². The van der Waals surface area contributed by atoms with Gasteiger partial charge in [0.15, 0.2) is 0 Å². The Morgan fingerprint density at radius 2 is 2.37 bits per heavy atom. The van der Waals surface area contributed by atoms with Crippen LogP contribution in [0.2, 0.25) is 0 Å². The molecular weight excluding hydrogens is 263 g/mol. The zero-order valence-corrected chi connectivity index (χ0v) is 10.1. The molecule has 1 aromatic rings. The summed E-state index contributed by atoms with van der Waals surface area (Å²) >= 11 is 0. The second kappa shape index (κ2) is 5.55. The third kappa shape index (κ3) is 4.19. The fourth-order valence-corrected chi connectivity index (χ4v) is 2.11. The molecule has 106 valence electrons. The molecule has 2 heterocycles. The number of carbonyl (C=O) groups is 1. The average molecular weight is 277 g/mol. The van der Waals surface area contributed by atoms with Crippen LogP contribution in [0, 0.1) is 5.92 Å². The number of H-pyrrole nitrogens is 1. The van der Waals surface area contributed by atoms with Gasteiger partial charge in [-0.3, -0.25) is 14.8 Å². The van der Waals surface area contributed by atoms with Crippen LogP contribution in [0.1, 0.15) is 17.0 Å². The van der Waals surface area contributed by atoms with Crippen molar-refractivity contribution in [3.63, 3.8) is 0 Å². The van der Waals surface area contributed by atoms with Crippen LogP contribution in [0.15, 0.2) is 6.33 Å². The van der Waals surface area contributed by atoms with E-state index >= 15 is 0 Å². The predicted octanol–water partition coefficient (Wildman–Crippen LogP) is 0.419. The minimum Gasteiger partial charge on any atom is -0.349 e. The van der Waals surface area contributed by atoms with Gasteiger partial charge in [-0.2, -0.15) is 18.3 Å². The second-order valence-corrected chi connectivity index (χ2v) is 4.55. The molecule has 2 rings (SSSR count). The van der Waals surface area contributed by atoms with Gasteiger partial charge in [0.1, 0.15) is 6.33 Å². The third-order valence-corrected chi connectivity index (χ3v) is 2.95. The van der Waals surface area contributed by atoms with Crippen molar-refractivity contribution in [1.29, 1.82) is 0 Å². The van der Waals surface area contributed by atoms with Gasteiger partial charge in [0.05, 0.1) is 6.54 Å². The Bertz CT molecular complexity index is 419. The van der Waals surface area contributed by atoms with Gasteiger partial charge < -0.3 is 5.32 Å². The Balaban J connectivity index is 1.72. The summed E-state index contributed by atoms with van der Waals surface area (Å²) in [4.78, 5) is 16.6. The number of amides is 1. The zero-order valence-electron chi connectivity index (χ0n) is 10.1. The fraction of sp³-hybridized carbons (Fsp3) is 0.700. The number of hydrogen-bond donors (Lipinski definition) is 2. The second-order valence-electron chi connectivity index (χ2n) is 4.55. The van der Waals surface area contributed by atoms with Crippen molar-refractivity contribution in [2.24, 2.45) is 5.92 Å². The summed E-state index contributed by atoms with van der Waals surface area (Å²) in [5.41, 5.74) is 0. The quantitative estimate of drug-likeness (QED) is 0.836. The van der Waals surface area contributed by atoms with Crippen LogP contribution >= 0.6 is 0 Å². The molecule has 19 heavy (non-hydrogen) atoms. The van der Waals surface area contributed by atoms with Crippen molar-refractivity contribution >= 4 is 5.91 Å². The van der Waals surface area contributed by atoms with Gasteiger partial charge in [-0.25, -0.2) is 4.98 Å². The van der Waals surface area contributed by atoms with E-state index in [1.54, 1.807) is 0 Å². The van der Waals surface area contributed by atoms with Crippen LogP contribution in [0.4, 0.5) is 13.2 Å². The number of nitrogens with one attached hydrogen (secondary N) is 2. The molecule has 0 saturated carbocycles. The first-order valence-electron chi connectivity index (χ1n) is 5.87.